The number of fused-ring (bicyclic) bond motifs is 1. The SMILES string of the molecule is C/N=C\C=C(/C)c1ccc2ncn(-c3ccc(C(F)(F)F)cc3)c2c1. The van der Waals surface area contributed by atoms with Crippen LogP contribution in [0.1, 0.15) is 18.1 Å². The highest BCUT2D eigenvalue weighted by atomic mass is 19.4. The Balaban J connectivity index is 2.05. The number of nitrogens with zero attached hydrogens (tertiary/aromatic N) is 3. The van der Waals surface area contributed by atoms with Gasteiger partial charge in [0, 0.05) is 18.9 Å². The predicted octanol–water partition coefficient (Wildman–Crippen LogP) is 5.15. The summed E-state index contributed by atoms with van der Waals surface area (Å²) in [5.41, 5.74) is 3.61. The first kappa shape index (κ1) is 17.0. The number of alkyl halides is 3. The summed E-state index contributed by atoms with van der Waals surface area (Å²) in [5.74, 6) is 0. The number of hydrogen-bond acceptors (Lipinski definition) is 2. The van der Waals surface area contributed by atoms with Gasteiger partial charge in [-0.3, -0.25) is 9.56 Å². The molecule has 0 saturated heterocycles. The first-order valence-corrected chi connectivity index (χ1v) is 7.64. The van der Waals surface area contributed by atoms with E-state index in [1.807, 2.05) is 31.2 Å². The fourth-order valence-corrected chi connectivity index (χ4v) is 2.55. The minimum absolute atomic E-state index is 0.629. The molecule has 3 aromatic rings. The molecule has 1 aromatic heterocycles. The molecule has 3 nitrogen and oxygen atoms in total. The zero-order valence-electron chi connectivity index (χ0n) is 13.7. The molecule has 0 unspecified atom stereocenters. The number of imidazole rings is 1. The molecular formula is C19H16F3N3. The first-order chi connectivity index (χ1) is 11.9. The van der Waals surface area contributed by atoms with Gasteiger partial charge in [0.15, 0.2) is 0 Å². The summed E-state index contributed by atoms with van der Waals surface area (Å²) in [6.07, 6.45) is 0.891. The summed E-state index contributed by atoms with van der Waals surface area (Å²) in [5, 5.41) is 0. The standard InChI is InChI=1S/C19H16F3N3/c1-13(9-10-23-2)14-3-8-17-18(11-14)25(12-24-17)16-6-4-15(5-7-16)19(20,21)22/h3-12H,1-2H3/b13-9+,23-10-. The lowest BCUT2D eigenvalue weighted by Crippen LogP contribution is -2.04. The Labute approximate surface area is 143 Å². The second-order valence-electron chi connectivity index (χ2n) is 5.62. The molecule has 6 heteroatoms. The number of halogens is 3. The lowest BCUT2D eigenvalue weighted by molar-refractivity contribution is -0.137. The molecule has 2 aromatic carbocycles. The third-order valence-electron chi connectivity index (χ3n) is 3.95. The van der Waals surface area contributed by atoms with Crippen molar-refractivity contribution in [1.29, 1.82) is 0 Å². The molecule has 25 heavy (non-hydrogen) atoms. The normalized spacial score (nSPS) is 13.1. The smallest absolute Gasteiger partial charge is 0.299 e. The molecule has 0 spiro atoms. The van der Waals surface area contributed by atoms with Crippen LogP contribution in [0.25, 0.3) is 22.3 Å². The van der Waals surface area contributed by atoms with Crippen molar-refractivity contribution in [2.24, 2.45) is 4.99 Å². The Morgan fingerprint density at radius 2 is 1.84 bits per heavy atom. The van der Waals surface area contributed by atoms with Gasteiger partial charge < -0.3 is 0 Å². The van der Waals surface area contributed by atoms with Crippen LogP contribution in [0.3, 0.4) is 0 Å². The third kappa shape index (κ3) is 3.47. The maximum absolute atomic E-state index is 12.7. The number of aliphatic imine (C=N–C) groups is 1. The summed E-state index contributed by atoms with van der Waals surface area (Å²) in [6.45, 7) is 1.97. The monoisotopic (exact) mass is 343 g/mol. The van der Waals surface area contributed by atoms with Crippen molar-refractivity contribution >= 4 is 22.8 Å². The number of hydrogen-bond donors (Lipinski definition) is 0. The summed E-state index contributed by atoms with van der Waals surface area (Å²) in [6, 6.07) is 10.9. The maximum atomic E-state index is 12.7. The van der Waals surface area contributed by atoms with E-state index in [0.717, 1.165) is 34.3 Å². The summed E-state index contributed by atoms with van der Waals surface area (Å²) < 4.78 is 39.9. The lowest BCUT2D eigenvalue weighted by atomic mass is 10.1. The van der Waals surface area contributed by atoms with Gasteiger partial charge in [0.1, 0.15) is 6.33 Å². The molecule has 0 radical (unpaired) electrons. The van der Waals surface area contributed by atoms with Crippen LogP contribution < -0.4 is 0 Å². The van der Waals surface area contributed by atoms with E-state index >= 15 is 0 Å². The van der Waals surface area contributed by atoms with Gasteiger partial charge in [-0.25, -0.2) is 4.98 Å². The predicted molar refractivity (Wildman–Crippen MR) is 94.1 cm³/mol. The van der Waals surface area contributed by atoms with Gasteiger partial charge in [-0.05, 0) is 60.5 Å². The van der Waals surface area contributed by atoms with Crippen LogP contribution in [0, 0.1) is 0 Å². The lowest BCUT2D eigenvalue weighted by Gasteiger charge is -2.09. The summed E-state index contributed by atoms with van der Waals surface area (Å²) >= 11 is 0. The Hall–Kier alpha value is -2.89. The Morgan fingerprint density at radius 1 is 1.12 bits per heavy atom. The molecule has 1 heterocycles. The van der Waals surface area contributed by atoms with Crippen molar-refractivity contribution in [3.8, 4) is 5.69 Å². The topological polar surface area (TPSA) is 30.2 Å². The summed E-state index contributed by atoms with van der Waals surface area (Å²) in [4.78, 5) is 8.26. The largest absolute Gasteiger partial charge is 0.416 e. The molecule has 0 amide bonds. The first-order valence-electron chi connectivity index (χ1n) is 7.64. The van der Waals surface area contributed by atoms with Gasteiger partial charge in [0.25, 0.3) is 0 Å². The van der Waals surface area contributed by atoms with Gasteiger partial charge in [0.2, 0.25) is 0 Å². The van der Waals surface area contributed by atoms with Crippen molar-refractivity contribution < 1.29 is 13.2 Å². The summed E-state index contributed by atoms with van der Waals surface area (Å²) in [7, 11) is 1.70. The fraction of sp³-hybridized carbons (Fsp3) is 0.158. The average molecular weight is 343 g/mol. The van der Waals surface area contributed by atoms with E-state index in [0.29, 0.717) is 5.69 Å². The van der Waals surface area contributed by atoms with Crippen LogP contribution in [0.5, 0.6) is 0 Å². The second-order valence-corrected chi connectivity index (χ2v) is 5.62. The van der Waals surface area contributed by atoms with Crippen molar-refractivity contribution in [2.75, 3.05) is 7.05 Å². The molecule has 0 atom stereocenters. The van der Waals surface area contributed by atoms with Gasteiger partial charge in [-0.15, -0.1) is 0 Å². The van der Waals surface area contributed by atoms with Gasteiger partial charge in [-0.2, -0.15) is 13.2 Å². The molecule has 0 aliphatic carbocycles. The molecule has 0 bridgehead atoms. The van der Waals surface area contributed by atoms with Gasteiger partial charge in [0.05, 0.1) is 16.6 Å². The minimum Gasteiger partial charge on any atom is -0.299 e. The highest BCUT2D eigenvalue weighted by Crippen LogP contribution is 2.30. The molecule has 0 aliphatic heterocycles. The molecule has 0 fully saturated rings. The van der Waals surface area contributed by atoms with Crippen LogP contribution in [-0.2, 0) is 6.18 Å². The van der Waals surface area contributed by atoms with Crippen molar-refractivity contribution in [3.05, 3.63) is 66.0 Å². The molecular weight excluding hydrogens is 327 g/mol. The number of allylic oxidation sites excluding steroid dienone is 2. The molecule has 128 valence electrons. The van der Waals surface area contributed by atoms with E-state index in [4.69, 9.17) is 0 Å². The highest BCUT2D eigenvalue weighted by Gasteiger charge is 2.30. The Kier molecular flexibility index (Phi) is 4.44. The minimum atomic E-state index is -4.34. The zero-order valence-corrected chi connectivity index (χ0v) is 13.7. The van der Waals surface area contributed by atoms with Crippen LogP contribution in [0.2, 0.25) is 0 Å². The average Bonchev–Trinajstić information content (AvgIpc) is 3.02. The maximum Gasteiger partial charge on any atom is 0.416 e. The van der Waals surface area contributed by atoms with E-state index < -0.39 is 11.7 Å². The van der Waals surface area contributed by atoms with Crippen LogP contribution in [-0.4, -0.2) is 22.8 Å². The Bertz CT molecular complexity index is 948. The van der Waals surface area contributed by atoms with E-state index in [1.54, 1.807) is 24.2 Å². The van der Waals surface area contributed by atoms with Crippen molar-refractivity contribution in [1.82, 2.24) is 9.55 Å². The third-order valence-corrected chi connectivity index (χ3v) is 3.95. The van der Waals surface area contributed by atoms with E-state index in [9.17, 15) is 13.2 Å². The molecule has 0 aliphatic rings. The molecule has 3 rings (SSSR count). The highest BCUT2D eigenvalue weighted by molar-refractivity contribution is 5.87. The van der Waals surface area contributed by atoms with Crippen molar-refractivity contribution in [2.45, 2.75) is 13.1 Å². The number of rotatable bonds is 3. The second kappa shape index (κ2) is 6.55. The van der Waals surface area contributed by atoms with E-state index in [2.05, 4.69) is 9.98 Å². The van der Waals surface area contributed by atoms with Crippen LogP contribution in [0.4, 0.5) is 13.2 Å². The van der Waals surface area contributed by atoms with Gasteiger partial charge in [-0.1, -0.05) is 6.07 Å². The number of aromatic nitrogens is 2. The Morgan fingerprint density at radius 3 is 2.48 bits per heavy atom. The molecule has 0 saturated carbocycles. The fourth-order valence-electron chi connectivity index (χ4n) is 2.55. The zero-order chi connectivity index (χ0) is 18.0. The van der Waals surface area contributed by atoms with E-state index in [1.165, 1.54) is 12.1 Å². The van der Waals surface area contributed by atoms with Crippen LogP contribution >= 0.6 is 0 Å². The molecule has 0 N–H and O–H groups in total. The van der Waals surface area contributed by atoms with Crippen molar-refractivity contribution in [3.63, 3.8) is 0 Å². The van der Waals surface area contributed by atoms with E-state index in [-0.39, 0.29) is 0 Å². The number of benzene rings is 2. The van der Waals surface area contributed by atoms with Crippen LogP contribution in [0.15, 0.2) is 59.9 Å². The van der Waals surface area contributed by atoms with Gasteiger partial charge >= 0.3 is 6.18 Å². The quantitative estimate of drug-likeness (QED) is 0.605.